The van der Waals surface area contributed by atoms with Crippen LogP contribution >= 0.6 is 11.8 Å². The predicted octanol–water partition coefficient (Wildman–Crippen LogP) is 5.97. The summed E-state index contributed by atoms with van der Waals surface area (Å²) in [7, 11) is 0. The molecule has 0 unspecified atom stereocenters. The molecule has 4 aromatic rings. The van der Waals surface area contributed by atoms with Gasteiger partial charge in [-0.2, -0.15) is 5.10 Å². The minimum atomic E-state index is -0.254. The number of benzene rings is 3. The average Bonchev–Trinajstić information content (AvgIpc) is 3.59. The van der Waals surface area contributed by atoms with Gasteiger partial charge < -0.3 is 14.8 Å². The first-order chi connectivity index (χ1) is 20.4. The van der Waals surface area contributed by atoms with Crippen LogP contribution in [0.2, 0.25) is 0 Å². The van der Waals surface area contributed by atoms with E-state index in [2.05, 4.69) is 25.2 Å². The van der Waals surface area contributed by atoms with E-state index >= 15 is 0 Å². The number of aromatic nitrogens is 2. The number of nitrogens with zero attached hydrogens (tertiary/aromatic N) is 3. The highest BCUT2D eigenvalue weighted by Crippen LogP contribution is 2.50. The standard InChI is InChI=1S/C33H34N4O4S/c1-5-21(3)34-28(38)17-36-29(39)18-42-32(24-14-15-26-27(16-24)41-19-40-26)30-31(23-11-7-6-8-12-23)35-37(33(30)36)25-13-9-10-20(2)22(25)4/h6-16,21,32H,5,17-19H2,1-4H3,(H,34,38)/t21-,32-/m1/s1. The van der Waals surface area contributed by atoms with Crippen molar-refractivity contribution >= 4 is 29.4 Å². The zero-order valence-corrected chi connectivity index (χ0v) is 25.0. The number of anilines is 1. The molecule has 0 radical (unpaired) electrons. The molecule has 3 aromatic carbocycles. The molecule has 6 rings (SSSR count). The number of amides is 2. The highest BCUT2D eigenvalue weighted by Gasteiger charge is 2.38. The highest BCUT2D eigenvalue weighted by molar-refractivity contribution is 8.00. The van der Waals surface area contributed by atoms with Gasteiger partial charge in [-0.15, -0.1) is 11.8 Å². The summed E-state index contributed by atoms with van der Waals surface area (Å²) in [4.78, 5) is 28.9. The van der Waals surface area contributed by atoms with E-state index < -0.39 is 0 Å². The SMILES string of the molecule is CC[C@@H](C)NC(=O)CN1C(=O)CS[C@H](c2ccc3c(c2)OCO3)c2c(-c3ccccc3)nn(-c3cccc(C)c3C)c21. The Hall–Kier alpha value is -4.24. The van der Waals surface area contributed by atoms with E-state index in [9.17, 15) is 9.59 Å². The first-order valence-corrected chi connectivity index (χ1v) is 15.3. The molecule has 8 nitrogen and oxygen atoms in total. The van der Waals surface area contributed by atoms with Crippen LogP contribution in [0.25, 0.3) is 16.9 Å². The zero-order chi connectivity index (χ0) is 29.4. The molecule has 2 aliphatic heterocycles. The minimum absolute atomic E-state index is 0.00128. The lowest BCUT2D eigenvalue weighted by molar-refractivity contribution is -0.123. The molecule has 0 spiro atoms. The molecule has 2 atom stereocenters. The lowest BCUT2D eigenvalue weighted by Gasteiger charge is -2.24. The third kappa shape index (κ3) is 5.13. The van der Waals surface area contributed by atoms with Gasteiger partial charge in [-0.1, -0.05) is 55.5 Å². The smallest absolute Gasteiger partial charge is 0.240 e. The number of hydrogen-bond acceptors (Lipinski definition) is 6. The quantitative estimate of drug-likeness (QED) is 0.289. The number of rotatable bonds is 7. The Morgan fingerprint density at radius 1 is 1.07 bits per heavy atom. The lowest BCUT2D eigenvalue weighted by Crippen LogP contribution is -2.44. The van der Waals surface area contributed by atoms with Crippen molar-refractivity contribution in [3.8, 4) is 28.4 Å². The highest BCUT2D eigenvalue weighted by atomic mass is 32.2. The Morgan fingerprint density at radius 3 is 2.64 bits per heavy atom. The topological polar surface area (TPSA) is 85.7 Å². The molecule has 216 valence electrons. The lowest BCUT2D eigenvalue weighted by atomic mass is 9.99. The summed E-state index contributed by atoms with van der Waals surface area (Å²) >= 11 is 1.53. The van der Waals surface area contributed by atoms with Crippen LogP contribution in [-0.4, -0.2) is 46.7 Å². The van der Waals surface area contributed by atoms with Crippen LogP contribution in [0.3, 0.4) is 0 Å². The number of thioether (sulfide) groups is 1. The molecular weight excluding hydrogens is 548 g/mol. The molecule has 1 N–H and O–H groups in total. The van der Waals surface area contributed by atoms with E-state index in [1.165, 1.54) is 11.8 Å². The number of carbonyl (C=O) groups excluding carboxylic acids is 2. The summed E-state index contributed by atoms with van der Waals surface area (Å²) in [6, 6.07) is 22.0. The first kappa shape index (κ1) is 27.9. The van der Waals surface area contributed by atoms with Gasteiger partial charge in [0.1, 0.15) is 12.4 Å². The predicted molar refractivity (Wildman–Crippen MR) is 166 cm³/mol. The van der Waals surface area contributed by atoms with E-state index in [0.717, 1.165) is 45.6 Å². The van der Waals surface area contributed by atoms with Crippen molar-refractivity contribution in [2.24, 2.45) is 0 Å². The third-order valence-electron chi connectivity index (χ3n) is 7.96. The molecular formula is C33H34N4O4S. The van der Waals surface area contributed by atoms with Crippen molar-refractivity contribution in [2.45, 2.75) is 45.4 Å². The van der Waals surface area contributed by atoms with Gasteiger partial charge in [0.2, 0.25) is 18.6 Å². The monoisotopic (exact) mass is 582 g/mol. The van der Waals surface area contributed by atoms with E-state index in [-0.39, 0.29) is 42.2 Å². The van der Waals surface area contributed by atoms with E-state index in [1.54, 1.807) is 4.90 Å². The van der Waals surface area contributed by atoms with Crippen LogP contribution in [0.5, 0.6) is 11.5 Å². The summed E-state index contributed by atoms with van der Waals surface area (Å²) in [5, 5.41) is 8.00. The van der Waals surface area contributed by atoms with Gasteiger partial charge in [0.25, 0.3) is 0 Å². The van der Waals surface area contributed by atoms with Crippen molar-refractivity contribution in [3.63, 3.8) is 0 Å². The second kappa shape index (κ2) is 11.6. The van der Waals surface area contributed by atoms with E-state index in [1.807, 2.05) is 79.2 Å². The van der Waals surface area contributed by atoms with Gasteiger partial charge >= 0.3 is 0 Å². The maximum Gasteiger partial charge on any atom is 0.240 e. The van der Waals surface area contributed by atoms with E-state index in [4.69, 9.17) is 14.6 Å². The summed E-state index contributed by atoms with van der Waals surface area (Å²) in [5.41, 5.74) is 6.59. The van der Waals surface area contributed by atoms with Crippen LogP contribution < -0.4 is 19.7 Å². The second-order valence-corrected chi connectivity index (χ2v) is 11.8. The number of ether oxygens (including phenoxy) is 2. The fourth-order valence-corrected chi connectivity index (χ4v) is 6.55. The molecule has 0 saturated heterocycles. The van der Waals surface area contributed by atoms with Crippen molar-refractivity contribution in [1.29, 1.82) is 0 Å². The molecule has 0 bridgehead atoms. The molecule has 0 aliphatic carbocycles. The third-order valence-corrected chi connectivity index (χ3v) is 9.22. The molecule has 42 heavy (non-hydrogen) atoms. The zero-order valence-electron chi connectivity index (χ0n) is 24.2. The molecule has 2 amide bonds. The number of hydrogen-bond donors (Lipinski definition) is 1. The Morgan fingerprint density at radius 2 is 1.86 bits per heavy atom. The molecule has 3 heterocycles. The number of fused-ring (bicyclic) bond motifs is 2. The Bertz CT molecular complexity index is 1650. The van der Waals surface area contributed by atoms with Gasteiger partial charge in [0, 0.05) is 17.2 Å². The molecule has 9 heteroatoms. The maximum atomic E-state index is 14.0. The summed E-state index contributed by atoms with van der Waals surface area (Å²) in [6.07, 6.45) is 0.797. The number of aryl methyl sites for hydroxylation is 1. The van der Waals surface area contributed by atoms with Crippen molar-refractivity contribution < 1.29 is 19.1 Å². The number of nitrogens with one attached hydrogen (secondary N) is 1. The molecule has 0 fully saturated rings. The summed E-state index contributed by atoms with van der Waals surface area (Å²) in [6.45, 7) is 8.19. The molecule has 1 aromatic heterocycles. The van der Waals surface area contributed by atoms with Crippen LogP contribution in [0, 0.1) is 13.8 Å². The fraction of sp³-hybridized carbons (Fsp3) is 0.303. The van der Waals surface area contributed by atoms with Crippen molar-refractivity contribution in [2.75, 3.05) is 24.0 Å². The van der Waals surface area contributed by atoms with Crippen LogP contribution in [0.1, 0.15) is 47.8 Å². The average molecular weight is 583 g/mol. The largest absolute Gasteiger partial charge is 0.454 e. The molecule has 0 saturated carbocycles. The van der Waals surface area contributed by atoms with Gasteiger partial charge in [-0.3, -0.25) is 14.5 Å². The summed E-state index contributed by atoms with van der Waals surface area (Å²) < 4.78 is 13.2. The summed E-state index contributed by atoms with van der Waals surface area (Å²) in [5.74, 6) is 1.84. The van der Waals surface area contributed by atoms with Gasteiger partial charge in [-0.05, 0) is 62.1 Å². The van der Waals surface area contributed by atoms with Crippen molar-refractivity contribution in [1.82, 2.24) is 15.1 Å². The fourth-order valence-electron chi connectivity index (χ4n) is 5.37. The van der Waals surface area contributed by atoms with E-state index in [0.29, 0.717) is 17.3 Å². The van der Waals surface area contributed by atoms with Crippen molar-refractivity contribution in [3.05, 3.63) is 89.0 Å². The van der Waals surface area contributed by atoms with Crippen LogP contribution in [0.4, 0.5) is 5.82 Å². The van der Waals surface area contributed by atoms with Gasteiger partial charge in [0.15, 0.2) is 11.5 Å². The Kier molecular flexibility index (Phi) is 7.68. The second-order valence-electron chi connectivity index (χ2n) is 10.7. The number of carbonyl (C=O) groups is 2. The first-order valence-electron chi connectivity index (χ1n) is 14.2. The molecule has 2 aliphatic rings. The van der Waals surface area contributed by atoms with Gasteiger partial charge in [-0.25, -0.2) is 4.68 Å². The maximum absolute atomic E-state index is 14.0. The van der Waals surface area contributed by atoms with Crippen LogP contribution in [0.15, 0.2) is 66.7 Å². The Labute approximate surface area is 250 Å². The normalized spacial score (nSPS) is 16.6. The van der Waals surface area contributed by atoms with Gasteiger partial charge in [0.05, 0.1) is 22.4 Å². The minimum Gasteiger partial charge on any atom is -0.454 e. The Balaban J connectivity index is 1.62. The van der Waals surface area contributed by atoms with Crippen LogP contribution in [-0.2, 0) is 9.59 Å².